The average molecular weight is 434 g/mol. The summed E-state index contributed by atoms with van der Waals surface area (Å²) in [6, 6.07) is 7.06. The Bertz CT molecular complexity index is 734. The summed E-state index contributed by atoms with van der Waals surface area (Å²) in [5.74, 6) is 0.699. The number of halogens is 4. The molecule has 6 heteroatoms. The average Bonchev–Trinajstić information content (AvgIpc) is 2.55. The summed E-state index contributed by atoms with van der Waals surface area (Å²) >= 11 is 24.9. The van der Waals surface area contributed by atoms with Crippen molar-refractivity contribution in [3.05, 3.63) is 55.5 Å². The standard InChI is InChI=1S/C20H20Cl4O2/c1-10-3-11(2)9-20(8-10,12-4-14(21)18(25)15(22)5-12)13-6-16(23)19(26)17(24)7-13/h4-7,10-11,25-26H,3,8-9H2,1-2H3. The minimum Gasteiger partial charge on any atom is -0.505 e. The number of hydrogen-bond donors (Lipinski definition) is 2. The summed E-state index contributed by atoms with van der Waals surface area (Å²) in [5.41, 5.74) is 1.43. The second-order valence-corrected chi connectivity index (χ2v) is 9.14. The molecule has 0 bridgehead atoms. The Hall–Kier alpha value is -0.800. The predicted octanol–water partition coefficient (Wildman–Crippen LogP) is 7.45. The SMILES string of the molecule is CC1CC(C)CC(c2cc(Cl)c(O)c(Cl)c2)(c2cc(Cl)c(O)c(Cl)c2)C1. The zero-order valence-corrected chi connectivity index (χ0v) is 17.5. The second-order valence-electron chi connectivity index (χ2n) is 7.51. The summed E-state index contributed by atoms with van der Waals surface area (Å²) in [6.07, 6.45) is 2.86. The van der Waals surface area contributed by atoms with Crippen LogP contribution in [0.2, 0.25) is 20.1 Å². The largest absolute Gasteiger partial charge is 0.505 e. The highest BCUT2D eigenvalue weighted by atomic mass is 35.5. The van der Waals surface area contributed by atoms with E-state index < -0.39 is 5.41 Å². The smallest absolute Gasteiger partial charge is 0.152 e. The second kappa shape index (κ2) is 7.31. The van der Waals surface area contributed by atoms with Crippen LogP contribution in [0.4, 0.5) is 0 Å². The number of rotatable bonds is 2. The maximum absolute atomic E-state index is 9.97. The fraction of sp³-hybridized carbons (Fsp3) is 0.400. The summed E-state index contributed by atoms with van der Waals surface area (Å²) in [5, 5.41) is 20.8. The Labute approximate surface area is 173 Å². The van der Waals surface area contributed by atoms with E-state index in [4.69, 9.17) is 46.4 Å². The lowest BCUT2D eigenvalue weighted by atomic mass is 9.60. The van der Waals surface area contributed by atoms with E-state index in [9.17, 15) is 10.2 Å². The van der Waals surface area contributed by atoms with Gasteiger partial charge in [-0.3, -0.25) is 0 Å². The van der Waals surface area contributed by atoms with E-state index in [0.29, 0.717) is 11.8 Å². The van der Waals surface area contributed by atoms with E-state index in [1.165, 1.54) is 0 Å². The summed E-state index contributed by atoms with van der Waals surface area (Å²) in [6.45, 7) is 4.44. The van der Waals surface area contributed by atoms with Crippen molar-refractivity contribution in [2.45, 2.75) is 38.5 Å². The van der Waals surface area contributed by atoms with Crippen molar-refractivity contribution in [2.75, 3.05) is 0 Å². The van der Waals surface area contributed by atoms with Crippen LogP contribution in [0.15, 0.2) is 24.3 Å². The molecule has 1 saturated carbocycles. The monoisotopic (exact) mass is 432 g/mol. The van der Waals surface area contributed by atoms with Gasteiger partial charge in [0.05, 0.1) is 20.1 Å². The van der Waals surface area contributed by atoms with Gasteiger partial charge in [0.2, 0.25) is 0 Å². The maximum atomic E-state index is 9.97. The van der Waals surface area contributed by atoms with Gasteiger partial charge in [0.25, 0.3) is 0 Å². The third kappa shape index (κ3) is 3.49. The van der Waals surface area contributed by atoms with Gasteiger partial charge in [-0.15, -0.1) is 0 Å². The highest BCUT2D eigenvalue weighted by Crippen LogP contribution is 2.52. The van der Waals surface area contributed by atoms with E-state index in [1.54, 1.807) is 24.3 Å². The number of phenolic OH excluding ortho intramolecular Hbond substituents is 2. The van der Waals surface area contributed by atoms with Crippen LogP contribution in [-0.4, -0.2) is 10.2 Å². The Balaban J connectivity index is 2.28. The topological polar surface area (TPSA) is 40.5 Å². The van der Waals surface area contributed by atoms with Crippen LogP contribution in [0.5, 0.6) is 11.5 Å². The first-order chi connectivity index (χ1) is 12.1. The van der Waals surface area contributed by atoms with Crippen LogP contribution < -0.4 is 0 Å². The van der Waals surface area contributed by atoms with E-state index in [1.807, 2.05) is 0 Å². The van der Waals surface area contributed by atoms with E-state index >= 15 is 0 Å². The Morgan fingerprint density at radius 1 is 0.731 bits per heavy atom. The van der Waals surface area contributed by atoms with Crippen LogP contribution in [-0.2, 0) is 5.41 Å². The fourth-order valence-electron chi connectivity index (χ4n) is 4.45. The lowest BCUT2D eigenvalue weighted by Crippen LogP contribution is -2.37. The minimum atomic E-state index is -0.404. The lowest BCUT2D eigenvalue weighted by Gasteiger charge is -2.44. The van der Waals surface area contributed by atoms with Gasteiger partial charge in [-0.1, -0.05) is 60.3 Å². The van der Waals surface area contributed by atoms with E-state index in [2.05, 4.69) is 13.8 Å². The molecule has 140 valence electrons. The molecule has 2 N–H and O–H groups in total. The first kappa shape index (κ1) is 19.9. The molecule has 0 amide bonds. The fourth-order valence-corrected chi connectivity index (χ4v) is 5.42. The van der Waals surface area contributed by atoms with Crippen molar-refractivity contribution in [1.82, 2.24) is 0 Å². The maximum Gasteiger partial charge on any atom is 0.152 e. The number of benzene rings is 2. The normalized spacial score (nSPS) is 22.4. The van der Waals surface area contributed by atoms with Gasteiger partial charge < -0.3 is 10.2 Å². The molecule has 1 aliphatic rings. The Kier molecular flexibility index (Phi) is 5.61. The Morgan fingerprint density at radius 2 is 1.04 bits per heavy atom. The molecule has 2 nitrogen and oxygen atoms in total. The number of hydrogen-bond acceptors (Lipinski definition) is 2. The third-order valence-electron chi connectivity index (χ3n) is 5.34. The van der Waals surface area contributed by atoms with Crippen molar-refractivity contribution in [3.8, 4) is 11.5 Å². The molecule has 2 aromatic carbocycles. The molecule has 1 aliphatic carbocycles. The van der Waals surface area contributed by atoms with Crippen LogP contribution in [0.25, 0.3) is 0 Å². The molecule has 0 radical (unpaired) electrons. The quantitative estimate of drug-likeness (QED) is 0.515. The highest BCUT2D eigenvalue weighted by Gasteiger charge is 2.42. The molecule has 2 unspecified atom stereocenters. The van der Waals surface area contributed by atoms with Crippen molar-refractivity contribution < 1.29 is 10.2 Å². The first-order valence-electron chi connectivity index (χ1n) is 8.51. The van der Waals surface area contributed by atoms with Gasteiger partial charge in [0.15, 0.2) is 11.5 Å². The van der Waals surface area contributed by atoms with Crippen molar-refractivity contribution in [3.63, 3.8) is 0 Å². The van der Waals surface area contributed by atoms with Crippen molar-refractivity contribution in [2.24, 2.45) is 11.8 Å². The molecule has 0 spiro atoms. The van der Waals surface area contributed by atoms with Crippen LogP contribution in [0, 0.1) is 11.8 Å². The highest BCUT2D eigenvalue weighted by molar-refractivity contribution is 6.37. The number of phenols is 2. The zero-order chi connectivity index (χ0) is 19.2. The van der Waals surface area contributed by atoms with E-state index in [0.717, 1.165) is 30.4 Å². The molecule has 3 rings (SSSR count). The molecule has 0 aliphatic heterocycles. The van der Waals surface area contributed by atoms with E-state index in [-0.39, 0.29) is 31.6 Å². The molecule has 1 fully saturated rings. The first-order valence-corrected chi connectivity index (χ1v) is 10.0. The lowest BCUT2D eigenvalue weighted by molar-refractivity contribution is 0.210. The van der Waals surface area contributed by atoms with Crippen molar-refractivity contribution in [1.29, 1.82) is 0 Å². The van der Waals surface area contributed by atoms with Crippen LogP contribution in [0.1, 0.15) is 44.2 Å². The minimum absolute atomic E-state index is 0.120. The molecular weight excluding hydrogens is 414 g/mol. The molecule has 2 atom stereocenters. The predicted molar refractivity (Wildman–Crippen MR) is 109 cm³/mol. The van der Waals surface area contributed by atoms with Gasteiger partial charge in [0, 0.05) is 5.41 Å². The summed E-state index contributed by atoms with van der Waals surface area (Å²) in [7, 11) is 0. The van der Waals surface area contributed by atoms with Gasteiger partial charge in [-0.25, -0.2) is 0 Å². The Morgan fingerprint density at radius 3 is 1.35 bits per heavy atom. The molecule has 0 heterocycles. The van der Waals surface area contributed by atoms with Gasteiger partial charge in [0.1, 0.15) is 0 Å². The van der Waals surface area contributed by atoms with Gasteiger partial charge in [-0.05, 0) is 66.5 Å². The van der Waals surface area contributed by atoms with Crippen molar-refractivity contribution >= 4 is 46.4 Å². The summed E-state index contributed by atoms with van der Waals surface area (Å²) in [4.78, 5) is 0. The van der Waals surface area contributed by atoms with Crippen LogP contribution >= 0.6 is 46.4 Å². The molecule has 0 saturated heterocycles. The molecular formula is C20H20Cl4O2. The molecule has 2 aromatic rings. The summed E-state index contributed by atoms with van der Waals surface area (Å²) < 4.78 is 0. The third-order valence-corrected chi connectivity index (χ3v) is 6.49. The van der Waals surface area contributed by atoms with Gasteiger partial charge in [-0.2, -0.15) is 0 Å². The number of aromatic hydroxyl groups is 2. The zero-order valence-electron chi connectivity index (χ0n) is 14.5. The molecule has 0 aromatic heterocycles. The van der Waals surface area contributed by atoms with Crippen LogP contribution in [0.3, 0.4) is 0 Å². The molecule has 26 heavy (non-hydrogen) atoms. The van der Waals surface area contributed by atoms with Gasteiger partial charge >= 0.3 is 0 Å².